The lowest BCUT2D eigenvalue weighted by Crippen LogP contribution is -2.23. The second-order valence-corrected chi connectivity index (χ2v) is 6.76. The van der Waals surface area contributed by atoms with E-state index in [9.17, 15) is 5.11 Å². The summed E-state index contributed by atoms with van der Waals surface area (Å²) in [5, 5.41) is 13.8. The molecule has 20 heavy (non-hydrogen) atoms. The lowest BCUT2D eigenvalue weighted by molar-refractivity contribution is 0.0615. The number of hydrogen-bond donors (Lipinski definition) is 2. The average Bonchev–Trinajstić information content (AvgIpc) is 2.43. The van der Waals surface area contributed by atoms with Crippen molar-refractivity contribution < 1.29 is 5.11 Å². The number of fused-ring (bicyclic) bond motifs is 1. The lowest BCUT2D eigenvalue weighted by atomic mass is 9.82. The first-order valence-corrected chi connectivity index (χ1v) is 8.07. The van der Waals surface area contributed by atoms with Gasteiger partial charge in [-0.15, -0.1) is 0 Å². The quantitative estimate of drug-likeness (QED) is 0.863. The summed E-state index contributed by atoms with van der Waals surface area (Å²) < 4.78 is 0. The standard InChI is InChI=1S/C18H29NO/c1-18(2,20)14-16-9-4-3-7-12-19-13-11-15-8-5-6-10-17(15)16/h5-6,8,10,16,19-20H,3-4,7,9,11-14H2,1-2H3. The highest BCUT2D eigenvalue weighted by atomic mass is 16.3. The van der Waals surface area contributed by atoms with Crippen molar-refractivity contribution in [1.29, 1.82) is 0 Å². The third-order valence-electron chi connectivity index (χ3n) is 4.22. The highest BCUT2D eigenvalue weighted by Crippen LogP contribution is 2.33. The summed E-state index contributed by atoms with van der Waals surface area (Å²) in [5.41, 5.74) is 2.32. The van der Waals surface area contributed by atoms with Crippen LogP contribution in [0.3, 0.4) is 0 Å². The van der Waals surface area contributed by atoms with Crippen molar-refractivity contribution in [2.45, 2.75) is 63.9 Å². The molecule has 0 saturated heterocycles. The van der Waals surface area contributed by atoms with Gasteiger partial charge in [0.25, 0.3) is 0 Å². The van der Waals surface area contributed by atoms with Gasteiger partial charge in [0, 0.05) is 0 Å². The van der Waals surface area contributed by atoms with Gasteiger partial charge < -0.3 is 10.4 Å². The van der Waals surface area contributed by atoms with E-state index < -0.39 is 5.60 Å². The molecule has 2 nitrogen and oxygen atoms in total. The van der Waals surface area contributed by atoms with Gasteiger partial charge in [0.2, 0.25) is 0 Å². The van der Waals surface area contributed by atoms with Crippen LogP contribution in [-0.2, 0) is 6.42 Å². The Balaban J connectivity index is 2.22. The highest BCUT2D eigenvalue weighted by molar-refractivity contribution is 5.31. The maximum atomic E-state index is 10.2. The molecule has 0 amide bonds. The minimum absolute atomic E-state index is 0.490. The van der Waals surface area contributed by atoms with Crippen molar-refractivity contribution >= 4 is 0 Å². The molecule has 1 heterocycles. The van der Waals surface area contributed by atoms with Crippen molar-refractivity contribution in [3.63, 3.8) is 0 Å². The van der Waals surface area contributed by atoms with E-state index in [-0.39, 0.29) is 0 Å². The van der Waals surface area contributed by atoms with E-state index in [4.69, 9.17) is 0 Å². The molecule has 1 aromatic rings. The fourth-order valence-electron chi connectivity index (χ4n) is 3.30. The molecule has 2 heteroatoms. The Morgan fingerprint density at radius 3 is 2.75 bits per heavy atom. The fraction of sp³-hybridized carbons (Fsp3) is 0.667. The molecule has 1 atom stereocenters. The molecule has 1 aromatic carbocycles. The summed E-state index contributed by atoms with van der Waals surface area (Å²) in [6.07, 6.45) is 6.97. The molecule has 0 radical (unpaired) electrons. The van der Waals surface area contributed by atoms with E-state index in [0.717, 1.165) is 25.9 Å². The van der Waals surface area contributed by atoms with Crippen LogP contribution in [0.15, 0.2) is 24.3 Å². The smallest absolute Gasteiger partial charge is 0.0597 e. The molecule has 0 saturated carbocycles. The molecule has 112 valence electrons. The van der Waals surface area contributed by atoms with Crippen molar-refractivity contribution in [3.05, 3.63) is 35.4 Å². The van der Waals surface area contributed by atoms with Crippen molar-refractivity contribution in [1.82, 2.24) is 5.32 Å². The van der Waals surface area contributed by atoms with Gasteiger partial charge in [0.1, 0.15) is 0 Å². The van der Waals surface area contributed by atoms with Crippen LogP contribution in [0.25, 0.3) is 0 Å². The summed E-state index contributed by atoms with van der Waals surface area (Å²) in [6.45, 7) is 6.06. The molecule has 1 aliphatic heterocycles. The van der Waals surface area contributed by atoms with Gasteiger partial charge in [-0.2, -0.15) is 0 Å². The van der Waals surface area contributed by atoms with E-state index in [0.29, 0.717) is 5.92 Å². The third kappa shape index (κ3) is 4.92. The maximum Gasteiger partial charge on any atom is 0.0597 e. The fourth-order valence-corrected chi connectivity index (χ4v) is 3.30. The predicted molar refractivity (Wildman–Crippen MR) is 85.1 cm³/mol. The summed E-state index contributed by atoms with van der Waals surface area (Å²) in [5.74, 6) is 0.490. The number of nitrogens with one attached hydrogen (secondary N) is 1. The minimum Gasteiger partial charge on any atom is -0.390 e. The lowest BCUT2D eigenvalue weighted by Gasteiger charge is -2.27. The normalized spacial score (nSPS) is 21.9. The maximum absolute atomic E-state index is 10.2. The average molecular weight is 275 g/mol. The molecule has 1 aliphatic rings. The van der Waals surface area contributed by atoms with E-state index in [1.165, 1.54) is 36.8 Å². The molecule has 1 unspecified atom stereocenters. The van der Waals surface area contributed by atoms with Crippen LogP contribution in [0.5, 0.6) is 0 Å². The van der Waals surface area contributed by atoms with Crippen LogP contribution in [0.2, 0.25) is 0 Å². The van der Waals surface area contributed by atoms with Gasteiger partial charge in [-0.05, 0) is 69.7 Å². The first-order chi connectivity index (χ1) is 9.56. The highest BCUT2D eigenvalue weighted by Gasteiger charge is 2.23. The number of benzene rings is 1. The molecule has 0 spiro atoms. The Hall–Kier alpha value is -0.860. The van der Waals surface area contributed by atoms with Crippen LogP contribution < -0.4 is 5.32 Å². The molecule has 0 aliphatic carbocycles. The number of rotatable bonds is 2. The monoisotopic (exact) mass is 275 g/mol. The number of hydrogen-bond acceptors (Lipinski definition) is 2. The van der Waals surface area contributed by atoms with Crippen LogP contribution in [0.1, 0.15) is 63.0 Å². The Bertz CT molecular complexity index is 408. The Labute approximate surface area is 123 Å². The van der Waals surface area contributed by atoms with E-state index in [1.54, 1.807) is 0 Å². The zero-order valence-corrected chi connectivity index (χ0v) is 13.0. The van der Waals surface area contributed by atoms with Gasteiger partial charge in [0.15, 0.2) is 0 Å². The molecular formula is C18H29NO. The van der Waals surface area contributed by atoms with Gasteiger partial charge in [-0.1, -0.05) is 37.1 Å². The Morgan fingerprint density at radius 1 is 1.15 bits per heavy atom. The van der Waals surface area contributed by atoms with Crippen molar-refractivity contribution in [2.24, 2.45) is 0 Å². The van der Waals surface area contributed by atoms with Crippen LogP contribution in [-0.4, -0.2) is 23.8 Å². The first-order valence-electron chi connectivity index (χ1n) is 8.07. The molecule has 0 bridgehead atoms. The van der Waals surface area contributed by atoms with Crippen molar-refractivity contribution in [2.75, 3.05) is 13.1 Å². The molecule has 0 fully saturated rings. The molecule has 2 N–H and O–H groups in total. The number of aliphatic hydroxyl groups is 1. The second kappa shape index (κ2) is 7.24. The van der Waals surface area contributed by atoms with Crippen LogP contribution >= 0.6 is 0 Å². The van der Waals surface area contributed by atoms with Gasteiger partial charge in [0.05, 0.1) is 5.60 Å². The Kier molecular flexibility index (Phi) is 5.62. The molecule has 0 aromatic heterocycles. The summed E-state index contributed by atoms with van der Waals surface area (Å²) in [4.78, 5) is 0. The second-order valence-electron chi connectivity index (χ2n) is 6.76. The molecule has 2 rings (SSSR count). The largest absolute Gasteiger partial charge is 0.390 e. The van der Waals surface area contributed by atoms with Gasteiger partial charge in [-0.3, -0.25) is 0 Å². The summed E-state index contributed by atoms with van der Waals surface area (Å²) in [6, 6.07) is 8.80. The zero-order chi connectivity index (χ0) is 14.4. The molecular weight excluding hydrogens is 246 g/mol. The summed E-state index contributed by atoms with van der Waals surface area (Å²) >= 11 is 0. The van der Waals surface area contributed by atoms with Crippen molar-refractivity contribution in [3.8, 4) is 0 Å². The van der Waals surface area contributed by atoms with E-state index >= 15 is 0 Å². The van der Waals surface area contributed by atoms with Gasteiger partial charge >= 0.3 is 0 Å². The van der Waals surface area contributed by atoms with E-state index in [1.807, 2.05) is 13.8 Å². The van der Waals surface area contributed by atoms with Crippen LogP contribution in [0.4, 0.5) is 0 Å². The van der Waals surface area contributed by atoms with E-state index in [2.05, 4.69) is 29.6 Å². The first kappa shape index (κ1) is 15.5. The topological polar surface area (TPSA) is 32.3 Å². The van der Waals surface area contributed by atoms with Crippen LogP contribution in [0, 0.1) is 0 Å². The Morgan fingerprint density at radius 2 is 1.95 bits per heavy atom. The minimum atomic E-state index is -0.587. The predicted octanol–water partition coefficient (Wildman–Crippen LogP) is 3.64. The third-order valence-corrected chi connectivity index (χ3v) is 4.22. The SMILES string of the molecule is CC(C)(O)CC1CCCCCNCCc2ccccc21. The zero-order valence-electron chi connectivity index (χ0n) is 13.0. The summed E-state index contributed by atoms with van der Waals surface area (Å²) in [7, 11) is 0. The van der Waals surface area contributed by atoms with Gasteiger partial charge in [-0.25, -0.2) is 0 Å².